The third kappa shape index (κ3) is 2.42. The molecule has 4 heteroatoms. The molecular weight excluding hydrogens is 252 g/mol. The summed E-state index contributed by atoms with van der Waals surface area (Å²) in [7, 11) is 1.57. The number of carbonyl (C=O) groups excluding carboxylic acids is 1. The lowest BCUT2D eigenvalue weighted by molar-refractivity contribution is 0.0783. The summed E-state index contributed by atoms with van der Waals surface area (Å²) in [5.74, 6) is 1.90. The predicted octanol–water partition coefficient (Wildman–Crippen LogP) is 2.52. The first-order valence-electron chi connectivity index (χ1n) is 7.12. The Hall–Kier alpha value is -1.84. The van der Waals surface area contributed by atoms with Gasteiger partial charge in [-0.1, -0.05) is 11.6 Å². The Morgan fingerprint density at radius 3 is 2.85 bits per heavy atom. The number of nitrogens with zero attached hydrogens (tertiary/aromatic N) is 2. The molecule has 106 valence electrons. The van der Waals surface area contributed by atoms with Gasteiger partial charge in [-0.3, -0.25) is 4.79 Å². The van der Waals surface area contributed by atoms with E-state index in [4.69, 9.17) is 4.74 Å². The predicted molar refractivity (Wildman–Crippen MR) is 76.7 cm³/mol. The Labute approximate surface area is 119 Å². The molecule has 0 bridgehead atoms. The maximum atomic E-state index is 12.5. The van der Waals surface area contributed by atoms with Gasteiger partial charge in [-0.25, -0.2) is 4.98 Å². The Balaban J connectivity index is 1.69. The van der Waals surface area contributed by atoms with Gasteiger partial charge in [-0.2, -0.15) is 0 Å². The first-order valence-corrected chi connectivity index (χ1v) is 7.12. The van der Waals surface area contributed by atoms with Crippen LogP contribution in [0.15, 0.2) is 30.0 Å². The van der Waals surface area contributed by atoms with Crippen LogP contribution in [0.1, 0.15) is 30.1 Å². The van der Waals surface area contributed by atoms with Crippen LogP contribution in [0.3, 0.4) is 0 Å². The summed E-state index contributed by atoms with van der Waals surface area (Å²) in [4.78, 5) is 18.6. The van der Waals surface area contributed by atoms with Gasteiger partial charge in [0.15, 0.2) is 0 Å². The van der Waals surface area contributed by atoms with Gasteiger partial charge in [0.05, 0.1) is 12.7 Å². The van der Waals surface area contributed by atoms with Crippen LogP contribution in [0, 0.1) is 11.8 Å². The van der Waals surface area contributed by atoms with Crippen LogP contribution in [0.4, 0.5) is 0 Å². The summed E-state index contributed by atoms with van der Waals surface area (Å²) in [5, 5.41) is 0. The molecule has 1 saturated heterocycles. The summed E-state index contributed by atoms with van der Waals surface area (Å²) < 4.78 is 5.02. The molecular formula is C16H20N2O2. The van der Waals surface area contributed by atoms with E-state index in [1.807, 2.05) is 4.90 Å². The highest BCUT2D eigenvalue weighted by Crippen LogP contribution is 2.36. The first-order chi connectivity index (χ1) is 9.67. The molecule has 1 aromatic heterocycles. The molecule has 1 amide bonds. The average molecular weight is 272 g/mol. The molecule has 0 radical (unpaired) electrons. The van der Waals surface area contributed by atoms with Gasteiger partial charge in [-0.15, -0.1) is 0 Å². The van der Waals surface area contributed by atoms with Crippen molar-refractivity contribution in [3.8, 4) is 5.88 Å². The van der Waals surface area contributed by atoms with Crippen LogP contribution in [0.5, 0.6) is 5.88 Å². The molecule has 3 rings (SSSR count). The fraction of sp³-hybridized carbons (Fsp3) is 0.500. The lowest BCUT2D eigenvalue weighted by Gasteiger charge is -2.21. The van der Waals surface area contributed by atoms with Gasteiger partial charge in [0.2, 0.25) is 5.88 Å². The van der Waals surface area contributed by atoms with Gasteiger partial charge in [0, 0.05) is 25.4 Å². The fourth-order valence-corrected chi connectivity index (χ4v) is 3.26. The minimum atomic E-state index is 0.0900. The Morgan fingerprint density at radius 2 is 2.15 bits per heavy atom. The zero-order chi connectivity index (χ0) is 14.1. The number of amides is 1. The highest BCUT2D eigenvalue weighted by Gasteiger charge is 2.36. The largest absolute Gasteiger partial charge is 0.481 e. The first kappa shape index (κ1) is 13.2. The van der Waals surface area contributed by atoms with Crippen molar-refractivity contribution in [1.29, 1.82) is 0 Å². The summed E-state index contributed by atoms with van der Waals surface area (Å²) in [5.41, 5.74) is 2.11. The highest BCUT2D eigenvalue weighted by atomic mass is 16.5. The van der Waals surface area contributed by atoms with E-state index < -0.39 is 0 Å². The molecule has 1 fully saturated rings. The van der Waals surface area contributed by atoms with E-state index in [1.54, 1.807) is 25.4 Å². The van der Waals surface area contributed by atoms with E-state index in [0.29, 0.717) is 23.3 Å². The van der Waals surface area contributed by atoms with Crippen LogP contribution < -0.4 is 4.74 Å². The Morgan fingerprint density at radius 1 is 1.35 bits per heavy atom. The van der Waals surface area contributed by atoms with Crippen molar-refractivity contribution in [2.45, 2.75) is 19.8 Å². The van der Waals surface area contributed by atoms with E-state index in [-0.39, 0.29) is 5.91 Å². The topological polar surface area (TPSA) is 42.4 Å². The van der Waals surface area contributed by atoms with E-state index in [2.05, 4.69) is 18.0 Å². The number of rotatable bonds is 2. The lowest BCUT2D eigenvalue weighted by Crippen LogP contribution is -2.29. The molecule has 0 saturated carbocycles. The molecule has 0 unspecified atom stereocenters. The molecule has 4 nitrogen and oxygen atoms in total. The zero-order valence-electron chi connectivity index (χ0n) is 12.0. The number of pyridine rings is 1. The smallest absolute Gasteiger partial charge is 0.255 e. The number of allylic oxidation sites excluding steroid dienone is 2. The normalized spacial score (nSPS) is 25.1. The van der Waals surface area contributed by atoms with Gasteiger partial charge in [-0.05, 0) is 37.7 Å². The van der Waals surface area contributed by atoms with Crippen LogP contribution in [-0.4, -0.2) is 36.0 Å². The minimum Gasteiger partial charge on any atom is -0.481 e. The highest BCUT2D eigenvalue weighted by molar-refractivity contribution is 5.94. The van der Waals surface area contributed by atoms with Crippen LogP contribution >= 0.6 is 0 Å². The molecule has 0 N–H and O–H groups in total. The molecule has 1 aliphatic carbocycles. The molecule has 20 heavy (non-hydrogen) atoms. The molecule has 2 aliphatic rings. The summed E-state index contributed by atoms with van der Waals surface area (Å²) in [6, 6.07) is 3.53. The number of methoxy groups -OCH3 is 1. The third-order valence-electron chi connectivity index (χ3n) is 4.41. The number of carbonyl (C=O) groups is 1. The monoisotopic (exact) mass is 272 g/mol. The third-order valence-corrected chi connectivity index (χ3v) is 4.41. The van der Waals surface area contributed by atoms with Crippen molar-refractivity contribution < 1.29 is 9.53 Å². The van der Waals surface area contributed by atoms with E-state index in [1.165, 1.54) is 5.57 Å². The number of aromatic nitrogens is 1. The molecule has 1 aromatic rings. The van der Waals surface area contributed by atoms with Crippen molar-refractivity contribution in [2.24, 2.45) is 11.8 Å². The summed E-state index contributed by atoms with van der Waals surface area (Å²) in [6.45, 7) is 3.94. The SMILES string of the molecule is COc1ccc(C(=O)N2C[C@H]3CC(C)=CC[C@H]3C2)cn1. The van der Waals surface area contributed by atoms with Crippen molar-refractivity contribution in [3.63, 3.8) is 0 Å². The van der Waals surface area contributed by atoms with Crippen molar-refractivity contribution in [1.82, 2.24) is 9.88 Å². The quantitative estimate of drug-likeness (QED) is 0.777. The van der Waals surface area contributed by atoms with E-state index in [9.17, 15) is 4.79 Å². The standard InChI is InChI=1S/C16H20N2O2/c1-11-3-4-13-9-18(10-14(13)7-11)16(19)12-5-6-15(20-2)17-8-12/h3,5-6,8,13-14H,4,7,9-10H2,1-2H3/t13-,14+/m0/s1. The second kappa shape index (κ2) is 5.27. The number of fused-ring (bicyclic) bond motifs is 1. The number of hydrogen-bond acceptors (Lipinski definition) is 3. The van der Waals surface area contributed by atoms with E-state index >= 15 is 0 Å². The van der Waals surface area contributed by atoms with Gasteiger partial charge >= 0.3 is 0 Å². The molecule has 2 atom stereocenters. The average Bonchev–Trinajstić information content (AvgIpc) is 2.89. The molecule has 0 aromatic carbocycles. The number of likely N-dealkylation sites (tertiary alicyclic amines) is 1. The van der Waals surface area contributed by atoms with Gasteiger partial charge < -0.3 is 9.64 Å². The second-order valence-electron chi connectivity index (χ2n) is 5.81. The summed E-state index contributed by atoms with van der Waals surface area (Å²) >= 11 is 0. The second-order valence-corrected chi connectivity index (χ2v) is 5.81. The van der Waals surface area contributed by atoms with Crippen LogP contribution in [-0.2, 0) is 0 Å². The number of hydrogen-bond donors (Lipinski definition) is 0. The summed E-state index contributed by atoms with van der Waals surface area (Å²) in [6.07, 6.45) is 6.17. The van der Waals surface area contributed by atoms with Crippen molar-refractivity contribution in [2.75, 3.05) is 20.2 Å². The van der Waals surface area contributed by atoms with Gasteiger partial charge in [0.25, 0.3) is 5.91 Å². The fourth-order valence-electron chi connectivity index (χ4n) is 3.26. The maximum absolute atomic E-state index is 12.5. The van der Waals surface area contributed by atoms with Gasteiger partial charge in [0.1, 0.15) is 0 Å². The van der Waals surface area contributed by atoms with Crippen LogP contribution in [0.25, 0.3) is 0 Å². The molecule has 0 spiro atoms. The van der Waals surface area contributed by atoms with Crippen molar-refractivity contribution >= 4 is 5.91 Å². The zero-order valence-corrected chi connectivity index (χ0v) is 12.0. The Kier molecular flexibility index (Phi) is 3.47. The maximum Gasteiger partial charge on any atom is 0.255 e. The minimum absolute atomic E-state index is 0.0900. The lowest BCUT2D eigenvalue weighted by atomic mass is 9.83. The van der Waals surface area contributed by atoms with Crippen molar-refractivity contribution in [3.05, 3.63) is 35.5 Å². The number of ether oxygens (including phenoxy) is 1. The molecule has 2 heterocycles. The van der Waals surface area contributed by atoms with E-state index in [0.717, 1.165) is 25.9 Å². The Bertz CT molecular complexity index is 536. The molecule has 1 aliphatic heterocycles. The van der Waals surface area contributed by atoms with Crippen LogP contribution in [0.2, 0.25) is 0 Å².